The van der Waals surface area contributed by atoms with E-state index in [0.29, 0.717) is 25.5 Å². The molecule has 0 aliphatic heterocycles. The Bertz CT molecular complexity index is 1130. The van der Waals surface area contributed by atoms with Gasteiger partial charge >= 0.3 is 0 Å². The Hall–Kier alpha value is -3.73. The Morgan fingerprint density at radius 3 is 2.50 bits per heavy atom. The van der Waals surface area contributed by atoms with Crippen molar-refractivity contribution >= 4 is 16.7 Å². The number of aromatic nitrogens is 2. The Morgan fingerprint density at radius 2 is 1.70 bits per heavy atom. The molecule has 0 saturated heterocycles. The summed E-state index contributed by atoms with van der Waals surface area (Å²) in [4.78, 5) is 12.3. The number of hydrogen-bond donors (Lipinski definition) is 1. The average molecular weight is 397 g/mol. The van der Waals surface area contributed by atoms with Crippen LogP contribution in [0.1, 0.15) is 11.1 Å². The van der Waals surface area contributed by atoms with Crippen LogP contribution in [0.3, 0.4) is 0 Å². The van der Waals surface area contributed by atoms with Crippen LogP contribution >= 0.6 is 0 Å². The van der Waals surface area contributed by atoms with Gasteiger partial charge in [0, 0.05) is 11.6 Å². The maximum absolute atomic E-state index is 12.3. The van der Waals surface area contributed by atoms with E-state index >= 15 is 0 Å². The van der Waals surface area contributed by atoms with Crippen molar-refractivity contribution in [3.8, 4) is 17.1 Å². The fraction of sp³-hybridized carbons (Fsp3) is 0.160. The van der Waals surface area contributed by atoms with Gasteiger partial charge in [-0.25, -0.2) is 0 Å². The molecule has 0 spiro atoms. The lowest BCUT2D eigenvalue weighted by atomic mass is 10.0. The predicted octanol–water partition coefficient (Wildman–Crippen LogP) is 4.34. The first-order valence-corrected chi connectivity index (χ1v) is 9.96. The lowest BCUT2D eigenvalue weighted by Gasteiger charge is -2.09. The van der Waals surface area contributed by atoms with Crippen molar-refractivity contribution < 1.29 is 9.53 Å². The van der Waals surface area contributed by atoms with Gasteiger partial charge in [0.1, 0.15) is 6.61 Å². The summed E-state index contributed by atoms with van der Waals surface area (Å²) in [5.41, 5.74) is 4.03. The zero-order valence-corrected chi connectivity index (χ0v) is 16.8. The first-order valence-electron chi connectivity index (χ1n) is 9.96. The van der Waals surface area contributed by atoms with Crippen LogP contribution in [-0.2, 0) is 11.2 Å². The molecule has 0 unspecified atom stereocenters. The number of benzene rings is 3. The van der Waals surface area contributed by atoms with Gasteiger partial charge in [0.15, 0.2) is 0 Å². The van der Waals surface area contributed by atoms with E-state index in [-0.39, 0.29) is 5.91 Å². The van der Waals surface area contributed by atoms with Crippen molar-refractivity contribution in [1.29, 1.82) is 0 Å². The highest BCUT2D eigenvalue weighted by molar-refractivity contribution is 5.90. The second-order valence-corrected chi connectivity index (χ2v) is 7.14. The smallest absolute Gasteiger partial charge is 0.233 e. The number of carbonyl (C=O) groups is 1. The predicted molar refractivity (Wildman–Crippen MR) is 118 cm³/mol. The van der Waals surface area contributed by atoms with Gasteiger partial charge in [-0.1, -0.05) is 72.3 Å². The van der Waals surface area contributed by atoms with Gasteiger partial charge in [-0.3, -0.25) is 4.79 Å². The van der Waals surface area contributed by atoms with Crippen molar-refractivity contribution in [2.75, 3.05) is 13.2 Å². The van der Waals surface area contributed by atoms with Crippen molar-refractivity contribution in [1.82, 2.24) is 15.5 Å². The lowest BCUT2D eigenvalue weighted by molar-refractivity contribution is -0.120. The lowest BCUT2D eigenvalue weighted by Crippen LogP contribution is -2.29. The number of ether oxygens (including phenoxy) is 1. The fourth-order valence-corrected chi connectivity index (χ4v) is 3.30. The number of hydrogen-bond acceptors (Lipinski definition) is 4. The number of nitrogens with one attached hydrogen (secondary N) is 1. The monoisotopic (exact) mass is 397 g/mol. The SMILES string of the molecule is Cc1ccc(-c2ccc(OCCNC(=O)Cc3cccc4ccccc34)nn2)cc1. The van der Waals surface area contributed by atoms with Crippen LogP contribution in [0.4, 0.5) is 0 Å². The summed E-state index contributed by atoms with van der Waals surface area (Å²) >= 11 is 0. The molecule has 4 aromatic rings. The second-order valence-electron chi connectivity index (χ2n) is 7.14. The molecule has 4 rings (SSSR count). The Labute approximate surface area is 175 Å². The Kier molecular flexibility index (Phi) is 5.99. The van der Waals surface area contributed by atoms with E-state index in [0.717, 1.165) is 27.6 Å². The third-order valence-electron chi connectivity index (χ3n) is 4.89. The van der Waals surface area contributed by atoms with Gasteiger partial charge in [-0.05, 0) is 29.3 Å². The molecule has 0 saturated carbocycles. The molecule has 1 aromatic heterocycles. The standard InChI is InChI=1S/C25H23N3O2/c1-18-9-11-20(12-10-18)23-13-14-25(28-27-23)30-16-15-26-24(29)17-21-7-4-6-19-5-2-3-8-22(19)21/h2-14H,15-17H2,1H3,(H,26,29). The van der Waals surface area contributed by atoms with Gasteiger partial charge in [-0.2, -0.15) is 0 Å². The zero-order chi connectivity index (χ0) is 20.8. The second kappa shape index (κ2) is 9.18. The van der Waals surface area contributed by atoms with Crippen molar-refractivity contribution in [3.05, 3.63) is 90.0 Å². The summed E-state index contributed by atoms with van der Waals surface area (Å²) in [7, 11) is 0. The average Bonchev–Trinajstić information content (AvgIpc) is 2.78. The molecule has 3 aromatic carbocycles. The number of carbonyl (C=O) groups excluding carboxylic acids is 1. The van der Waals surface area contributed by atoms with Crippen molar-refractivity contribution in [3.63, 3.8) is 0 Å². The topological polar surface area (TPSA) is 64.1 Å². The molecule has 5 nitrogen and oxygen atoms in total. The first kappa shape index (κ1) is 19.6. The van der Waals surface area contributed by atoms with E-state index in [1.807, 2.05) is 67.6 Å². The zero-order valence-electron chi connectivity index (χ0n) is 16.8. The molecule has 150 valence electrons. The molecular weight excluding hydrogens is 374 g/mol. The maximum Gasteiger partial charge on any atom is 0.233 e. The molecule has 0 atom stereocenters. The minimum atomic E-state index is -0.0317. The van der Waals surface area contributed by atoms with E-state index in [2.05, 4.69) is 27.6 Å². The van der Waals surface area contributed by atoms with Gasteiger partial charge in [0.05, 0.1) is 18.7 Å². The quantitative estimate of drug-likeness (QED) is 0.471. The van der Waals surface area contributed by atoms with Crippen LogP contribution in [0.15, 0.2) is 78.9 Å². The molecule has 0 aliphatic carbocycles. The number of aryl methyl sites for hydroxylation is 1. The number of rotatable bonds is 7. The maximum atomic E-state index is 12.3. The van der Waals surface area contributed by atoms with Crippen LogP contribution in [0.5, 0.6) is 5.88 Å². The molecule has 0 bridgehead atoms. The third kappa shape index (κ3) is 4.81. The number of fused-ring (bicyclic) bond motifs is 1. The molecule has 0 aliphatic rings. The van der Waals surface area contributed by atoms with E-state index in [1.165, 1.54) is 5.56 Å². The normalized spacial score (nSPS) is 10.7. The van der Waals surface area contributed by atoms with E-state index in [9.17, 15) is 4.79 Å². The third-order valence-corrected chi connectivity index (χ3v) is 4.89. The summed E-state index contributed by atoms with van der Waals surface area (Å²) in [6, 6.07) is 25.9. The van der Waals surface area contributed by atoms with Gasteiger partial charge in [0.25, 0.3) is 0 Å². The summed E-state index contributed by atoms with van der Waals surface area (Å²) < 4.78 is 5.60. The molecule has 0 fully saturated rings. The van der Waals surface area contributed by atoms with Crippen molar-refractivity contribution in [2.24, 2.45) is 0 Å². The molecule has 5 heteroatoms. The molecule has 0 radical (unpaired) electrons. The summed E-state index contributed by atoms with van der Waals surface area (Å²) in [5.74, 6) is 0.407. The highest BCUT2D eigenvalue weighted by atomic mass is 16.5. The van der Waals surface area contributed by atoms with Gasteiger partial charge in [-0.15, -0.1) is 10.2 Å². The van der Waals surface area contributed by atoms with Crippen LogP contribution in [0, 0.1) is 6.92 Å². The fourth-order valence-electron chi connectivity index (χ4n) is 3.30. The van der Waals surface area contributed by atoms with Crippen LogP contribution in [0.2, 0.25) is 0 Å². The molecular formula is C25H23N3O2. The minimum absolute atomic E-state index is 0.0317. The van der Waals surface area contributed by atoms with Crippen LogP contribution in [-0.4, -0.2) is 29.3 Å². The Balaban J connectivity index is 1.25. The summed E-state index contributed by atoms with van der Waals surface area (Å²) in [6.07, 6.45) is 0.340. The molecule has 1 heterocycles. The minimum Gasteiger partial charge on any atom is -0.475 e. The largest absolute Gasteiger partial charge is 0.475 e. The van der Waals surface area contributed by atoms with E-state index in [4.69, 9.17) is 4.74 Å². The highest BCUT2D eigenvalue weighted by Crippen LogP contribution is 2.19. The van der Waals surface area contributed by atoms with Gasteiger partial charge < -0.3 is 10.1 Å². The molecule has 1 amide bonds. The van der Waals surface area contributed by atoms with Crippen LogP contribution < -0.4 is 10.1 Å². The Morgan fingerprint density at radius 1 is 0.900 bits per heavy atom. The molecule has 30 heavy (non-hydrogen) atoms. The van der Waals surface area contributed by atoms with Gasteiger partial charge in [0.2, 0.25) is 11.8 Å². The van der Waals surface area contributed by atoms with E-state index < -0.39 is 0 Å². The highest BCUT2D eigenvalue weighted by Gasteiger charge is 2.07. The molecule has 1 N–H and O–H groups in total. The number of nitrogens with zero attached hydrogens (tertiary/aromatic N) is 2. The summed E-state index contributed by atoms with van der Waals surface area (Å²) in [6.45, 7) is 2.79. The summed E-state index contributed by atoms with van der Waals surface area (Å²) in [5, 5.41) is 13.5. The number of amides is 1. The van der Waals surface area contributed by atoms with E-state index in [1.54, 1.807) is 6.07 Å². The van der Waals surface area contributed by atoms with Crippen LogP contribution in [0.25, 0.3) is 22.0 Å². The first-order chi connectivity index (χ1) is 14.7. The van der Waals surface area contributed by atoms with Crippen molar-refractivity contribution in [2.45, 2.75) is 13.3 Å².